The van der Waals surface area contributed by atoms with Crippen molar-refractivity contribution in [3.05, 3.63) is 47.7 Å². The number of aromatic nitrogens is 1. The van der Waals surface area contributed by atoms with Gasteiger partial charge in [0.15, 0.2) is 5.82 Å². The highest BCUT2D eigenvalue weighted by Crippen LogP contribution is 2.30. The Hall–Kier alpha value is -2.25. The fraction of sp³-hybridized carbons (Fsp3) is 0.400. The van der Waals surface area contributed by atoms with Crippen LogP contribution in [0, 0.1) is 6.92 Å². The number of hydrogen-bond acceptors (Lipinski definition) is 6. The summed E-state index contributed by atoms with van der Waals surface area (Å²) >= 11 is 1.47. The van der Waals surface area contributed by atoms with Crippen molar-refractivity contribution < 1.29 is 9.90 Å². The lowest BCUT2D eigenvalue weighted by atomic mass is 10.2. The van der Waals surface area contributed by atoms with E-state index in [0.717, 1.165) is 42.6 Å². The number of nitrogens with one attached hydrogen (secondary N) is 1. The number of aryl methyl sites for hydroxylation is 1. The van der Waals surface area contributed by atoms with Crippen LogP contribution in [0.25, 0.3) is 0 Å². The molecule has 0 atom stereocenters. The number of rotatable bonds is 6. The zero-order valence-corrected chi connectivity index (χ0v) is 16.8. The van der Waals surface area contributed by atoms with Gasteiger partial charge < -0.3 is 14.7 Å². The Bertz CT molecular complexity index is 804. The summed E-state index contributed by atoms with van der Waals surface area (Å²) in [5, 5.41) is 9.33. The van der Waals surface area contributed by atoms with E-state index in [1.54, 1.807) is 6.07 Å². The number of benzene rings is 1. The van der Waals surface area contributed by atoms with E-state index >= 15 is 0 Å². The summed E-state index contributed by atoms with van der Waals surface area (Å²) in [6.45, 7) is 10.2. The molecule has 0 spiro atoms. The molecule has 1 saturated heterocycles. The Balaban J connectivity index is 1.80. The minimum absolute atomic E-state index is 0.187. The van der Waals surface area contributed by atoms with E-state index in [1.165, 1.54) is 23.7 Å². The Morgan fingerprint density at radius 2 is 1.96 bits per heavy atom. The van der Waals surface area contributed by atoms with Gasteiger partial charge in [-0.15, -0.1) is 0 Å². The minimum atomic E-state index is -0.970. The molecule has 0 saturated carbocycles. The molecule has 2 aromatic rings. The Morgan fingerprint density at radius 3 is 2.59 bits per heavy atom. The molecule has 1 aromatic heterocycles. The minimum Gasteiger partial charge on any atom is -0.478 e. The van der Waals surface area contributed by atoms with Crippen LogP contribution in [-0.2, 0) is 0 Å². The van der Waals surface area contributed by atoms with E-state index in [9.17, 15) is 9.90 Å². The van der Waals surface area contributed by atoms with Crippen molar-refractivity contribution in [3.8, 4) is 0 Å². The van der Waals surface area contributed by atoms with E-state index in [2.05, 4.69) is 52.4 Å². The van der Waals surface area contributed by atoms with Gasteiger partial charge >= 0.3 is 5.97 Å². The zero-order chi connectivity index (χ0) is 19.4. The molecular weight excluding hydrogens is 360 g/mol. The first-order valence-electron chi connectivity index (χ1n) is 9.16. The van der Waals surface area contributed by atoms with Crippen LogP contribution in [0.15, 0.2) is 41.4 Å². The molecule has 0 unspecified atom stereocenters. The number of anilines is 2. The third kappa shape index (κ3) is 4.93. The maximum atomic E-state index is 11.4. The highest BCUT2D eigenvalue weighted by molar-refractivity contribution is 8.00. The smallest absolute Gasteiger partial charge is 0.337 e. The van der Waals surface area contributed by atoms with Crippen LogP contribution in [0.3, 0.4) is 0 Å². The van der Waals surface area contributed by atoms with Gasteiger partial charge in [-0.25, -0.2) is 9.78 Å². The average Bonchev–Trinajstić information content (AvgIpc) is 2.66. The SMILES string of the molecule is Cc1cccc(SNc2cc(C(=O)O)cnc2N2CCN(C(C)C)CC2)c1. The number of carboxylic acids is 1. The Kier molecular flexibility index (Phi) is 6.23. The molecule has 144 valence electrons. The molecule has 6 nitrogen and oxygen atoms in total. The van der Waals surface area contributed by atoms with Crippen LogP contribution in [0.4, 0.5) is 11.5 Å². The van der Waals surface area contributed by atoms with Crippen molar-refractivity contribution in [1.29, 1.82) is 0 Å². The van der Waals surface area contributed by atoms with Gasteiger partial charge in [-0.3, -0.25) is 4.90 Å². The highest BCUT2D eigenvalue weighted by Gasteiger charge is 2.22. The lowest BCUT2D eigenvalue weighted by molar-refractivity contribution is 0.0696. The van der Waals surface area contributed by atoms with Gasteiger partial charge in [-0.2, -0.15) is 0 Å². The van der Waals surface area contributed by atoms with Crippen LogP contribution >= 0.6 is 11.9 Å². The fourth-order valence-corrected chi connectivity index (χ4v) is 3.91. The van der Waals surface area contributed by atoms with Crippen LogP contribution in [0.1, 0.15) is 29.8 Å². The predicted molar refractivity (Wildman–Crippen MR) is 111 cm³/mol. The largest absolute Gasteiger partial charge is 0.478 e. The van der Waals surface area contributed by atoms with Crippen LogP contribution in [0.2, 0.25) is 0 Å². The average molecular weight is 387 g/mol. The van der Waals surface area contributed by atoms with Crippen molar-refractivity contribution >= 4 is 29.4 Å². The summed E-state index contributed by atoms with van der Waals surface area (Å²) in [6.07, 6.45) is 1.44. The summed E-state index contributed by atoms with van der Waals surface area (Å²) in [5.41, 5.74) is 2.11. The number of carbonyl (C=O) groups is 1. The van der Waals surface area contributed by atoms with E-state index in [0.29, 0.717) is 6.04 Å². The Labute approximate surface area is 164 Å². The van der Waals surface area contributed by atoms with Gasteiger partial charge in [0.2, 0.25) is 0 Å². The molecule has 0 radical (unpaired) electrons. The number of carboxylic acid groups (broad SMARTS) is 1. The molecule has 0 bridgehead atoms. The normalized spacial score (nSPS) is 15.2. The highest BCUT2D eigenvalue weighted by atomic mass is 32.2. The second-order valence-corrected chi connectivity index (χ2v) is 7.92. The van der Waals surface area contributed by atoms with Gasteiger partial charge in [0, 0.05) is 43.3 Å². The van der Waals surface area contributed by atoms with E-state index < -0.39 is 5.97 Å². The monoisotopic (exact) mass is 386 g/mol. The first kappa shape index (κ1) is 19.5. The summed E-state index contributed by atoms with van der Waals surface area (Å²) in [6, 6.07) is 10.4. The molecule has 0 amide bonds. The molecule has 1 aliphatic rings. The maximum Gasteiger partial charge on any atom is 0.337 e. The molecule has 2 heterocycles. The van der Waals surface area contributed by atoms with Crippen LogP contribution in [0.5, 0.6) is 0 Å². The van der Waals surface area contributed by atoms with Crippen LogP contribution < -0.4 is 9.62 Å². The van der Waals surface area contributed by atoms with Crippen molar-refractivity contribution in [1.82, 2.24) is 9.88 Å². The second kappa shape index (κ2) is 8.63. The molecule has 3 rings (SSSR count). The molecule has 1 aromatic carbocycles. The number of piperazine rings is 1. The number of aromatic carboxylic acids is 1. The second-order valence-electron chi connectivity index (χ2n) is 7.04. The lowest BCUT2D eigenvalue weighted by Crippen LogP contribution is -2.49. The van der Waals surface area contributed by atoms with Gasteiger partial charge in [0.25, 0.3) is 0 Å². The number of nitrogens with zero attached hydrogens (tertiary/aromatic N) is 3. The van der Waals surface area contributed by atoms with Gasteiger partial charge in [0.05, 0.1) is 11.3 Å². The Morgan fingerprint density at radius 1 is 1.22 bits per heavy atom. The van der Waals surface area contributed by atoms with Gasteiger partial charge in [-0.05, 0) is 56.5 Å². The molecule has 1 fully saturated rings. The third-order valence-electron chi connectivity index (χ3n) is 4.73. The van der Waals surface area contributed by atoms with Gasteiger partial charge in [-0.1, -0.05) is 12.1 Å². The lowest BCUT2D eigenvalue weighted by Gasteiger charge is -2.38. The summed E-state index contributed by atoms with van der Waals surface area (Å²) in [7, 11) is 0. The van der Waals surface area contributed by atoms with Crippen molar-refractivity contribution in [3.63, 3.8) is 0 Å². The van der Waals surface area contributed by atoms with E-state index in [4.69, 9.17) is 0 Å². The molecule has 27 heavy (non-hydrogen) atoms. The molecule has 0 aliphatic carbocycles. The van der Waals surface area contributed by atoms with Crippen LogP contribution in [-0.4, -0.2) is 53.2 Å². The standard InChI is InChI=1S/C20H26N4O2S/c1-14(2)23-7-9-24(10-8-23)19-18(12-16(13-21-19)20(25)26)22-27-17-6-4-5-15(3)11-17/h4-6,11-14,22H,7-10H2,1-3H3,(H,25,26). The van der Waals surface area contributed by atoms with E-state index in [1.807, 2.05) is 12.1 Å². The van der Waals surface area contributed by atoms with E-state index in [-0.39, 0.29) is 5.56 Å². The predicted octanol–water partition coefficient (Wildman–Crippen LogP) is 3.74. The quantitative estimate of drug-likeness (QED) is 0.733. The molecular formula is C20H26N4O2S. The maximum absolute atomic E-state index is 11.4. The van der Waals surface area contributed by atoms with Gasteiger partial charge in [0.1, 0.15) is 0 Å². The zero-order valence-electron chi connectivity index (χ0n) is 16.0. The van der Waals surface area contributed by atoms with Crippen molar-refractivity contribution in [2.24, 2.45) is 0 Å². The van der Waals surface area contributed by atoms with Crippen molar-refractivity contribution in [2.45, 2.75) is 31.7 Å². The first-order valence-corrected chi connectivity index (χ1v) is 9.97. The van der Waals surface area contributed by atoms with Crippen molar-refractivity contribution in [2.75, 3.05) is 35.8 Å². The fourth-order valence-electron chi connectivity index (χ4n) is 3.14. The third-order valence-corrected chi connectivity index (χ3v) is 5.54. The number of hydrogen-bond donors (Lipinski definition) is 2. The number of pyridine rings is 1. The first-order chi connectivity index (χ1) is 12.9. The molecule has 2 N–H and O–H groups in total. The molecule has 1 aliphatic heterocycles. The summed E-state index contributed by atoms with van der Waals surface area (Å²) < 4.78 is 3.32. The molecule has 7 heteroatoms. The summed E-state index contributed by atoms with van der Waals surface area (Å²) in [4.78, 5) is 21.6. The topological polar surface area (TPSA) is 68.7 Å². The summed E-state index contributed by atoms with van der Waals surface area (Å²) in [5.74, 6) is -0.161.